The topological polar surface area (TPSA) is 168 Å². The Hall–Kier alpha value is -2.45. The zero-order valence-corrected chi connectivity index (χ0v) is 20.6. The minimum atomic E-state index is -1.61. The number of nitrogens with one attached hydrogen (secondary N) is 1. The summed E-state index contributed by atoms with van der Waals surface area (Å²) in [5.41, 5.74) is 5.23. The van der Waals surface area contributed by atoms with Crippen LogP contribution in [0.3, 0.4) is 0 Å². The van der Waals surface area contributed by atoms with Gasteiger partial charge < -0.3 is 16.2 Å². The number of carbonyl (C=O) groups is 3. The number of thiazole rings is 1. The van der Waals surface area contributed by atoms with Crippen LogP contribution in [0, 0.1) is 4.91 Å². The molecule has 2 aromatic rings. The van der Waals surface area contributed by atoms with Crippen molar-refractivity contribution in [1.82, 2.24) is 20.2 Å². The fraction of sp³-hybridized carbons (Fsp3) is 0.278. The normalized spacial score (nSPS) is 20.4. The average Bonchev–Trinajstić information content (AvgIpc) is 3.12. The molecule has 2 amide bonds. The third-order valence-corrected chi connectivity index (χ3v) is 8.36. The van der Waals surface area contributed by atoms with Gasteiger partial charge in [-0.2, -0.15) is 0 Å². The molecule has 16 heteroatoms. The summed E-state index contributed by atoms with van der Waals surface area (Å²) in [5.74, 6) is -2.84. The largest absolute Gasteiger partial charge is 0.477 e. The van der Waals surface area contributed by atoms with E-state index < -0.39 is 35.9 Å². The molecule has 0 spiro atoms. The van der Waals surface area contributed by atoms with E-state index in [-0.39, 0.29) is 30.9 Å². The van der Waals surface area contributed by atoms with Crippen LogP contribution < -0.4 is 11.1 Å². The van der Waals surface area contributed by atoms with Crippen LogP contribution in [-0.4, -0.2) is 49.8 Å². The van der Waals surface area contributed by atoms with E-state index in [2.05, 4.69) is 20.5 Å². The lowest BCUT2D eigenvalue weighted by atomic mass is 9.86. The molecule has 4 rings (SSSR count). The predicted molar refractivity (Wildman–Crippen MR) is 127 cm³/mol. The fourth-order valence-electron chi connectivity index (χ4n) is 3.69. The maximum Gasteiger partial charge on any atom is 0.353 e. The van der Waals surface area contributed by atoms with Gasteiger partial charge in [0.15, 0.2) is 5.13 Å². The second-order valence-electron chi connectivity index (χ2n) is 7.13. The third kappa shape index (κ3) is 4.33. The van der Waals surface area contributed by atoms with Crippen molar-refractivity contribution in [2.75, 3.05) is 5.73 Å². The van der Waals surface area contributed by atoms with E-state index in [1.165, 1.54) is 12.4 Å². The molecule has 3 atom stereocenters. The zero-order chi connectivity index (χ0) is 24.7. The molecular formula is C18H13Cl3N6O5S2. The number of nitroso groups, excluding NO2 is 1. The van der Waals surface area contributed by atoms with Gasteiger partial charge >= 0.3 is 5.97 Å². The number of carboxylic acids is 1. The van der Waals surface area contributed by atoms with Crippen molar-refractivity contribution in [2.24, 2.45) is 5.18 Å². The highest BCUT2D eigenvalue weighted by Crippen LogP contribution is 2.45. The lowest BCUT2D eigenvalue weighted by molar-refractivity contribution is -0.156. The van der Waals surface area contributed by atoms with Crippen LogP contribution in [0.15, 0.2) is 33.1 Å². The molecule has 2 aliphatic heterocycles. The smallest absolute Gasteiger partial charge is 0.353 e. The van der Waals surface area contributed by atoms with E-state index in [0.717, 1.165) is 28.0 Å². The number of halogens is 3. The van der Waals surface area contributed by atoms with Crippen molar-refractivity contribution in [2.45, 2.75) is 35.9 Å². The van der Waals surface area contributed by atoms with Gasteiger partial charge in [-0.05, 0) is 18.0 Å². The molecule has 2 unspecified atom stereocenters. The van der Waals surface area contributed by atoms with Crippen LogP contribution in [-0.2, 0) is 14.4 Å². The number of nitrogens with two attached hydrogens (primary N) is 1. The second kappa shape index (κ2) is 9.66. The number of carboxylic acid groups (broad SMARTS) is 1. The Kier molecular flexibility index (Phi) is 7.01. The number of aliphatic carboxylic acids is 1. The molecule has 4 N–H and O–H groups in total. The first-order valence-electron chi connectivity index (χ1n) is 9.45. The van der Waals surface area contributed by atoms with Crippen molar-refractivity contribution in [3.8, 4) is 0 Å². The van der Waals surface area contributed by atoms with Gasteiger partial charge in [-0.15, -0.1) is 4.91 Å². The van der Waals surface area contributed by atoms with Crippen molar-refractivity contribution in [1.29, 1.82) is 0 Å². The highest BCUT2D eigenvalue weighted by Gasteiger charge is 2.54. The number of pyridine rings is 1. The number of allylic oxidation sites excluding steroid dienone is 1. The monoisotopic (exact) mass is 562 g/mol. The van der Waals surface area contributed by atoms with Gasteiger partial charge in [-0.3, -0.25) is 19.5 Å². The van der Waals surface area contributed by atoms with Crippen molar-refractivity contribution in [3.05, 3.63) is 48.0 Å². The summed E-state index contributed by atoms with van der Waals surface area (Å²) in [7, 11) is 0. The first-order chi connectivity index (χ1) is 16.1. The number of amides is 2. The molecule has 0 saturated carbocycles. The molecule has 1 fully saturated rings. The van der Waals surface area contributed by atoms with Gasteiger partial charge in [0, 0.05) is 17.3 Å². The SMILES string of the molecule is Nc1nc(C(N=O)C(=O)N[C@@H]2C(=O)N3C(C(=O)O)=C(Sc4cncc(Cl)c4Cl)CCC23)c(Cl)s1. The fourth-order valence-corrected chi connectivity index (χ4v) is 6.17. The highest BCUT2D eigenvalue weighted by atomic mass is 35.5. The number of aromatic nitrogens is 2. The van der Waals surface area contributed by atoms with Crippen LogP contribution >= 0.6 is 57.9 Å². The summed E-state index contributed by atoms with van der Waals surface area (Å²) < 4.78 is 0.0309. The number of thioether (sulfide) groups is 1. The molecule has 2 aliphatic rings. The average molecular weight is 564 g/mol. The van der Waals surface area contributed by atoms with Gasteiger partial charge in [0.25, 0.3) is 11.8 Å². The predicted octanol–water partition coefficient (Wildman–Crippen LogP) is 3.47. The van der Waals surface area contributed by atoms with E-state index in [4.69, 9.17) is 40.5 Å². The van der Waals surface area contributed by atoms with Gasteiger partial charge in [0.2, 0.25) is 6.04 Å². The Labute approximate surface area is 214 Å². The Morgan fingerprint density at radius 1 is 1.35 bits per heavy atom. The summed E-state index contributed by atoms with van der Waals surface area (Å²) in [6, 6.07) is -3.27. The lowest BCUT2D eigenvalue weighted by Crippen LogP contribution is -2.71. The van der Waals surface area contributed by atoms with Crippen LogP contribution in [0.25, 0.3) is 0 Å². The van der Waals surface area contributed by atoms with Crippen molar-refractivity contribution >= 4 is 80.8 Å². The first-order valence-corrected chi connectivity index (χ1v) is 12.2. The van der Waals surface area contributed by atoms with Crippen LogP contribution in [0.5, 0.6) is 0 Å². The molecule has 34 heavy (non-hydrogen) atoms. The van der Waals surface area contributed by atoms with E-state index >= 15 is 0 Å². The number of fused-ring (bicyclic) bond motifs is 1. The minimum Gasteiger partial charge on any atom is -0.477 e. The van der Waals surface area contributed by atoms with Crippen LogP contribution in [0.1, 0.15) is 24.6 Å². The Morgan fingerprint density at radius 2 is 2.09 bits per heavy atom. The number of carbonyl (C=O) groups excluding carboxylic acids is 2. The molecule has 4 heterocycles. The number of hydrogen-bond acceptors (Lipinski definition) is 10. The maximum atomic E-state index is 12.9. The Bertz CT molecular complexity index is 1250. The summed E-state index contributed by atoms with van der Waals surface area (Å²) >= 11 is 20.1. The molecule has 2 aromatic heterocycles. The molecule has 0 aliphatic carbocycles. The van der Waals surface area contributed by atoms with Gasteiger partial charge in [0.1, 0.15) is 21.8 Å². The van der Waals surface area contributed by atoms with Gasteiger partial charge in [0.05, 0.1) is 21.0 Å². The van der Waals surface area contributed by atoms with E-state index in [1.807, 2.05) is 0 Å². The summed E-state index contributed by atoms with van der Waals surface area (Å²) in [6.07, 6.45) is 3.45. The Morgan fingerprint density at radius 3 is 2.71 bits per heavy atom. The van der Waals surface area contributed by atoms with E-state index in [9.17, 15) is 24.4 Å². The quantitative estimate of drug-likeness (QED) is 0.337. The number of rotatable bonds is 7. The molecular weight excluding hydrogens is 551 g/mol. The molecule has 1 saturated heterocycles. The maximum absolute atomic E-state index is 12.9. The summed E-state index contributed by atoms with van der Waals surface area (Å²) in [4.78, 5) is 58.6. The number of nitrogens with zero attached hydrogens (tertiary/aromatic N) is 4. The lowest BCUT2D eigenvalue weighted by Gasteiger charge is -2.50. The van der Waals surface area contributed by atoms with Crippen LogP contribution in [0.4, 0.5) is 5.13 Å². The molecule has 178 valence electrons. The number of hydrogen-bond donors (Lipinski definition) is 3. The third-order valence-electron chi connectivity index (χ3n) is 5.17. The number of β-lactam (4-membered cyclic amide) rings is 1. The Balaban J connectivity index is 1.55. The van der Waals surface area contributed by atoms with Crippen LogP contribution in [0.2, 0.25) is 14.4 Å². The standard InChI is InChI=1S/C18H13Cl3N6O5S2/c19-5-3-23-4-8(9(5)20)33-7-2-1-6-10(16(29)27(6)13(7)17(30)31)24-15(28)12(26-32)11-14(21)34-18(22)25-11/h3-4,6,10,12H,1-2H2,(H2,22,25)(H,24,28)(H,30,31)/t6?,10-,12?/m0/s1. The zero-order valence-electron chi connectivity index (χ0n) is 16.7. The van der Waals surface area contributed by atoms with Gasteiger partial charge in [-0.25, -0.2) is 9.78 Å². The minimum absolute atomic E-state index is 0.0309. The first kappa shape index (κ1) is 24.7. The van der Waals surface area contributed by atoms with E-state index in [0.29, 0.717) is 22.6 Å². The molecule has 11 nitrogen and oxygen atoms in total. The molecule has 0 aromatic carbocycles. The number of nitrogen functional groups attached to an aromatic ring is 1. The summed E-state index contributed by atoms with van der Waals surface area (Å²) in [5, 5.41) is 15.5. The van der Waals surface area contributed by atoms with E-state index in [1.54, 1.807) is 0 Å². The highest BCUT2D eigenvalue weighted by molar-refractivity contribution is 8.03. The summed E-state index contributed by atoms with van der Waals surface area (Å²) in [6.45, 7) is 0. The molecule has 0 bridgehead atoms. The second-order valence-corrected chi connectivity index (χ2v) is 10.7. The van der Waals surface area contributed by atoms with Gasteiger partial charge in [-0.1, -0.05) is 57.9 Å². The molecule has 0 radical (unpaired) electrons. The van der Waals surface area contributed by atoms with Crippen molar-refractivity contribution < 1.29 is 19.5 Å². The van der Waals surface area contributed by atoms with Crippen molar-refractivity contribution in [3.63, 3.8) is 0 Å². The number of anilines is 1.